The van der Waals surface area contributed by atoms with Gasteiger partial charge in [0.1, 0.15) is 0 Å². The highest BCUT2D eigenvalue weighted by atomic mass is 79.9. The second-order valence-corrected chi connectivity index (χ2v) is 11.2. The number of imide groups is 1. The number of hydrogen-bond donors (Lipinski definition) is 1. The molecular weight excluding hydrogens is 568 g/mol. The van der Waals surface area contributed by atoms with Crippen molar-refractivity contribution in [1.82, 2.24) is 4.90 Å². The molecule has 2 saturated carbocycles. The molecule has 1 aliphatic heterocycles. The van der Waals surface area contributed by atoms with Crippen LogP contribution in [-0.4, -0.2) is 38.8 Å². The Kier molecular flexibility index (Phi) is 6.52. The predicted molar refractivity (Wildman–Crippen MR) is 122 cm³/mol. The van der Waals surface area contributed by atoms with Gasteiger partial charge in [0.2, 0.25) is 17.7 Å². The van der Waals surface area contributed by atoms with Gasteiger partial charge in [-0.05, 0) is 55.4 Å². The topological polar surface area (TPSA) is 66.5 Å². The fourth-order valence-corrected chi connectivity index (χ4v) is 7.26. The number of carbonyl (C=O) groups excluding carboxylic acids is 3. The van der Waals surface area contributed by atoms with Crippen LogP contribution in [0.3, 0.4) is 0 Å². The van der Waals surface area contributed by atoms with Crippen molar-refractivity contribution in [3.05, 3.63) is 28.7 Å². The number of likely N-dealkylation sites (tertiary alicyclic amines) is 1. The van der Waals surface area contributed by atoms with Crippen molar-refractivity contribution in [2.75, 3.05) is 11.9 Å². The number of nitrogens with one attached hydrogen (secondary N) is 1. The molecule has 5 nitrogen and oxygen atoms in total. The van der Waals surface area contributed by atoms with E-state index in [0.29, 0.717) is 13.0 Å². The number of carbonyl (C=O) groups is 3. The second kappa shape index (κ2) is 8.79. The molecule has 3 fully saturated rings. The summed E-state index contributed by atoms with van der Waals surface area (Å²) >= 11 is 10.8. The lowest BCUT2D eigenvalue weighted by atomic mass is 9.81. The zero-order valence-corrected chi connectivity index (χ0v) is 20.6. The van der Waals surface area contributed by atoms with Crippen molar-refractivity contribution >= 4 is 71.2 Å². The van der Waals surface area contributed by atoms with Crippen LogP contribution in [0.2, 0.25) is 0 Å². The average molecular weight is 591 g/mol. The van der Waals surface area contributed by atoms with E-state index in [9.17, 15) is 14.4 Å². The quantitative estimate of drug-likeness (QED) is 0.284. The van der Waals surface area contributed by atoms with Crippen LogP contribution in [0, 0.1) is 23.7 Å². The first-order chi connectivity index (χ1) is 13.9. The molecule has 6 atom stereocenters. The van der Waals surface area contributed by atoms with Gasteiger partial charge in [-0.2, -0.15) is 0 Å². The number of fused-ring (bicyclic) bond motifs is 5. The van der Waals surface area contributed by atoms with Gasteiger partial charge >= 0.3 is 0 Å². The molecule has 156 valence electrons. The van der Waals surface area contributed by atoms with E-state index in [1.165, 1.54) is 4.90 Å². The smallest absolute Gasteiger partial charge is 0.233 e. The van der Waals surface area contributed by atoms with Crippen molar-refractivity contribution in [2.45, 2.75) is 41.8 Å². The number of nitrogens with zero attached hydrogens (tertiary/aromatic N) is 1. The zero-order valence-electron chi connectivity index (χ0n) is 15.8. The van der Waals surface area contributed by atoms with Crippen molar-refractivity contribution in [3.8, 4) is 0 Å². The standard InChI is InChI=1S/C21H23Br3N2O3/c22-11-5-7-12(8-6-11)25-15(27)4-2-1-3-9-26-20(28)16-13-10-14(17(16)21(26)29)19(24)18(13)23/h5-8,13-14,16-19H,1-4,9-10H2,(H,25,27)/t13-,14-,16-,17+,18+,19+/m1/s1. The Balaban J connectivity index is 1.20. The summed E-state index contributed by atoms with van der Waals surface area (Å²) in [6.45, 7) is 0.471. The van der Waals surface area contributed by atoms with Gasteiger partial charge in [-0.1, -0.05) is 54.2 Å². The van der Waals surface area contributed by atoms with Crippen LogP contribution in [0.1, 0.15) is 32.1 Å². The van der Waals surface area contributed by atoms with Crippen LogP contribution in [0.25, 0.3) is 0 Å². The molecule has 29 heavy (non-hydrogen) atoms. The van der Waals surface area contributed by atoms with Gasteiger partial charge in [-0.3, -0.25) is 19.3 Å². The normalized spacial score (nSPS) is 32.7. The molecule has 2 bridgehead atoms. The Morgan fingerprint density at radius 2 is 1.55 bits per heavy atom. The molecule has 1 aromatic rings. The number of anilines is 1. The van der Waals surface area contributed by atoms with Crippen LogP contribution >= 0.6 is 47.8 Å². The highest BCUT2D eigenvalue weighted by Crippen LogP contribution is 2.60. The van der Waals surface area contributed by atoms with E-state index < -0.39 is 0 Å². The number of alkyl halides is 2. The second-order valence-electron chi connectivity index (χ2n) is 8.20. The molecule has 2 aliphatic carbocycles. The molecule has 0 spiro atoms. The van der Waals surface area contributed by atoms with Crippen LogP contribution < -0.4 is 5.32 Å². The third kappa shape index (κ3) is 4.09. The summed E-state index contributed by atoms with van der Waals surface area (Å²) in [5.41, 5.74) is 0.780. The maximum atomic E-state index is 12.8. The molecule has 8 heteroatoms. The lowest BCUT2D eigenvalue weighted by Gasteiger charge is -2.28. The third-order valence-corrected chi connectivity index (χ3v) is 10.2. The molecule has 1 heterocycles. The van der Waals surface area contributed by atoms with Crippen molar-refractivity contribution in [2.24, 2.45) is 23.7 Å². The van der Waals surface area contributed by atoms with Crippen LogP contribution in [0.4, 0.5) is 5.69 Å². The summed E-state index contributed by atoms with van der Waals surface area (Å²) in [5, 5.41) is 2.88. The molecule has 1 N–H and O–H groups in total. The summed E-state index contributed by atoms with van der Waals surface area (Å²) in [6, 6.07) is 7.48. The number of unbranched alkanes of at least 4 members (excludes halogenated alkanes) is 2. The molecule has 0 unspecified atom stereocenters. The van der Waals surface area contributed by atoms with Crippen molar-refractivity contribution in [3.63, 3.8) is 0 Å². The Labute approximate surface area is 195 Å². The number of benzene rings is 1. The molecule has 3 aliphatic rings. The Morgan fingerprint density at radius 1 is 0.966 bits per heavy atom. The van der Waals surface area contributed by atoms with Crippen molar-refractivity contribution in [1.29, 1.82) is 0 Å². The fourth-order valence-electron chi connectivity index (χ4n) is 5.12. The number of halogens is 3. The van der Waals surface area contributed by atoms with Gasteiger partial charge in [0, 0.05) is 32.8 Å². The maximum Gasteiger partial charge on any atom is 0.233 e. The average Bonchev–Trinajstić information content (AvgIpc) is 3.29. The summed E-state index contributed by atoms with van der Waals surface area (Å²) < 4.78 is 0.969. The summed E-state index contributed by atoms with van der Waals surface area (Å²) in [4.78, 5) is 39.8. The van der Waals surface area contributed by atoms with Gasteiger partial charge < -0.3 is 5.32 Å². The fraction of sp³-hybridized carbons (Fsp3) is 0.571. The van der Waals surface area contributed by atoms with Crippen molar-refractivity contribution < 1.29 is 14.4 Å². The van der Waals surface area contributed by atoms with Gasteiger partial charge in [0.15, 0.2) is 0 Å². The van der Waals surface area contributed by atoms with Crippen LogP contribution in [-0.2, 0) is 14.4 Å². The Hall–Kier alpha value is -0.730. The van der Waals surface area contributed by atoms with E-state index in [0.717, 1.165) is 35.8 Å². The molecule has 3 amide bonds. The Bertz CT molecular complexity index is 784. The van der Waals surface area contributed by atoms with E-state index in [2.05, 4.69) is 53.1 Å². The minimum Gasteiger partial charge on any atom is -0.326 e. The number of hydrogen-bond acceptors (Lipinski definition) is 3. The van der Waals surface area contributed by atoms with Gasteiger partial charge in [0.05, 0.1) is 11.8 Å². The van der Waals surface area contributed by atoms with E-state index in [1.807, 2.05) is 24.3 Å². The summed E-state index contributed by atoms with van der Waals surface area (Å²) in [7, 11) is 0. The van der Waals surface area contributed by atoms with Crippen LogP contribution in [0.15, 0.2) is 28.7 Å². The maximum absolute atomic E-state index is 12.8. The first-order valence-electron chi connectivity index (χ1n) is 10.1. The summed E-state index contributed by atoms with van der Waals surface area (Å²) in [6.07, 6.45) is 3.69. The minimum absolute atomic E-state index is 0.0153. The first-order valence-corrected chi connectivity index (χ1v) is 12.7. The van der Waals surface area contributed by atoms with E-state index in [-0.39, 0.29) is 51.0 Å². The van der Waals surface area contributed by atoms with E-state index in [4.69, 9.17) is 0 Å². The van der Waals surface area contributed by atoms with Gasteiger partial charge in [-0.25, -0.2) is 0 Å². The lowest BCUT2D eigenvalue weighted by Crippen LogP contribution is -2.37. The molecular formula is C21H23Br3N2O3. The third-order valence-electron chi connectivity index (χ3n) is 6.49. The number of rotatable bonds is 7. The lowest BCUT2D eigenvalue weighted by molar-refractivity contribution is -0.140. The first kappa shape index (κ1) is 21.5. The minimum atomic E-state index is -0.137. The van der Waals surface area contributed by atoms with Crippen LogP contribution in [0.5, 0.6) is 0 Å². The highest BCUT2D eigenvalue weighted by Gasteiger charge is 2.66. The molecule has 4 rings (SSSR count). The molecule has 0 radical (unpaired) electrons. The summed E-state index contributed by atoms with van der Waals surface area (Å²) in [5.74, 6) is 0.271. The largest absolute Gasteiger partial charge is 0.326 e. The SMILES string of the molecule is O=C(CCCCCN1C(=O)[C@@H]2[C@H]3C[C@@H]([C@H](Br)[C@H]3Br)[C@@H]2C1=O)Nc1ccc(Br)cc1. The van der Waals surface area contributed by atoms with Gasteiger partial charge in [-0.15, -0.1) is 0 Å². The molecule has 1 saturated heterocycles. The highest BCUT2D eigenvalue weighted by molar-refractivity contribution is 9.12. The zero-order chi connectivity index (χ0) is 20.7. The van der Waals surface area contributed by atoms with E-state index >= 15 is 0 Å². The van der Waals surface area contributed by atoms with E-state index in [1.54, 1.807) is 0 Å². The number of amides is 3. The monoisotopic (exact) mass is 588 g/mol. The molecule has 0 aromatic heterocycles. The van der Waals surface area contributed by atoms with Gasteiger partial charge in [0.25, 0.3) is 0 Å². The molecule has 1 aromatic carbocycles. The Morgan fingerprint density at radius 3 is 2.14 bits per heavy atom. The predicted octanol–water partition coefficient (Wildman–Crippen LogP) is 4.73.